The number of aliphatic imine (C=N–C) groups is 1. The van der Waals surface area contributed by atoms with Gasteiger partial charge >= 0.3 is 0 Å². The van der Waals surface area contributed by atoms with E-state index in [1.165, 1.54) is 0 Å². The zero-order valence-corrected chi connectivity index (χ0v) is 18.8. The molecule has 6 nitrogen and oxygen atoms in total. The smallest absolute Gasteiger partial charge is 0.191 e. The predicted molar refractivity (Wildman–Crippen MR) is 120 cm³/mol. The molecule has 0 amide bonds. The van der Waals surface area contributed by atoms with Crippen molar-refractivity contribution in [3.05, 3.63) is 53.1 Å². The summed E-state index contributed by atoms with van der Waals surface area (Å²) in [6, 6.07) is 11.9. The highest BCUT2D eigenvalue weighted by molar-refractivity contribution is 14.0. The van der Waals surface area contributed by atoms with Crippen molar-refractivity contribution in [2.45, 2.75) is 20.0 Å². The summed E-state index contributed by atoms with van der Waals surface area (Å²) >= 11 is 0. The van der Waals surface area contributed by atoms with Gasteiger partial charge in [0.15, 0.2) is 5.96 Å². The van der Waals surface area contributed by atoms with E-state index in [1.807, 2.05) is 37.3 Å². The van der Waals surface area contributed by atoms with E-state index >= 15 is 0 Å². The summed E-state index contributed by atoms with van der Waals surface area (Å²) in [7, 11) is 6.72. The third-order valence-electron chi connectivity index (χ3n) is 4.10. The number of benzene rings is 2. The number of ether oxygens (including phenoxy) is 3. The summed E-state index contributed by atoms with van der Waals surface area (Å²) in [4.78, 5) is 4.27. The van der Waals surface area contributed by atoms with Crippen molar-refractivity contribution < 1.29 is 14.2 Å². The predicted octanol–water partition coefficient (Wildman–Crippen LogP) is 3.50. The monoisotopic (exact) mass is 485 g/mol. The van der Waals surface area contributed by atoms with Gasteiger partial charge in [0.2, 0.25) is 0 Å². The van der Waals surface area contributed by atoms with Gasteiger partial charge in [-0.3, -0.25) is 4.99 Å². The number of nitrogens with zero attached hydrogens (tertiary/aromatic N) is 1. The first-order valence-electron chi connectivity index (χ1n) is 8.40. The van der Waals surface area contributed by atoms with Crippen molar-refractivity contribution in [3.63, 3.8) is 0 Å². The minimum absolute atomic E-state index is 0. The molecule has 0 fully saturated rings. The largest absolute Gasteiger partial charge is 0.497 e. The summed E-state index contributed by atoms with van der Waals surface area (Å²) in [5, 5.41) is 6.60. The maximum absolute atomic E-state index is 5.43. The van der Waals surface area contributed by atoms with Gasteiger partial charge < -0.3 is 24.8 Å². The molecule has 27 heavy (non-hydrogen) atoms. The van der Waals surface area contributed by atoms with Crippen LogP contribution in [0.4, 0.5) is 0 Å². The van der Waals surface area contributed by atoms with Crippen LogP contribution in [0.2, 0.25) is 0 Å². The Bertz CT molecular complexity index is 766. The van der Waals surface area contributed by atoms with Crippen LogP contribution in [-0.2, 0) is 13.1 Å². The van der Waals surface area contributed by atoms with Gasteiger partial charge in [-0.2, -0.15) is 0 Å². The highest BCUT2D eigenvalue weighted by Gasteiger charge is 2.07. The lowest BCUT2D eigenvalue weighted by molar-refractivity contribution is 0.390. The number of nitrogens with one attached hydrogen (secondary N) is 2. The van der Waals surface area contributed by atoms with Gasteiger partial charge in [0, 0.05) is 31.8 Å². The van der Waals surface area contributed by atoms with E-state index in [1.54, 1.807) is 28.4 Å². The lowest BCUT2D eigenvalue weighted by Gasteiger charge is -2.15. The molecule has 0 aliphatic rings. The molecule has 2 aromatic rings. The van der Waals surface area contributed by atoms with Crippen LogP contribution in [0.25, 0.3) is 0 Å². The summed E-state index contributed by atoms with van der Waals surface area (Å²) in [5.74, 6) is 3.13. The van der Waals surface area contributed by atoms with Crippen LogP contribution < -0.4 is 24.8 Å². The Labute approximate surface area is 178 Å². The molecule has 2 rings (SSSR count). The zero-order valence-electron chi connectivity index (χ0n) is 16.5. The van der Waals surface area contributed by atoms with Gasteiger partial charge in [0.05, 0.1) is 21.3 Å². The minimum Gasteiger partial charge on any atom is -0.497 e. The molecule has 0 atom stereocenters. The topological polar surface area (TPSA) is 64.1 Å². The first kappa shape index (κ1) is 22.9. The first-order chi connectivity index (χ1) is 12.6. The molecule has 0 aromatic heterocycles. The number of methoxy groups -OCH3 is 3. The Morgan fingerprint density at radius 1 is 0.889 bits per heavy atom. The number of guanidine groups is 1. The molecule has 2 aromatic carbocycles. The molecule has 148 valence electrons. The number of aryl methyl sites for hydroxylation is 1. The molecule has 0 spiro atoms. The lowest BCUT2D eigenvalue weighted by atomic mass is 10.1. The van der Waals surface area contributed by atoms with Crippen LogP contribution >= 0.6 is 24.0 Å². The highest BCUT2D eigenvalue weighted by atomic mass is 127. The van der Waals surface area contributed by atoms with E-state index < -0.39 is 0 Å². The molecule has 0 saturated carbocycles. The molecular weight excluding hydrogens is 457 g/mol. The summed E-state index contributed by atoms with van der Waals surface area (Å²) < 4.78 is 16.0. The van der Waals surface area contributed by atoms with Crippen LogP contribution in [-0.4, -0.2) is 34.3 Å². The van der Waals surface area contributed by atoms with Crippen molar-refractivity contribution in [1.82, 2.24) is 10.6 Å². The Morgan fingerprint density at radius 2 is 1.59 bits per heavy atom. The maximum Gasteiger partial charge on any atom is 0.191 e. The second kappa shape index (κ2) is 11.5. The number of rotatable bonds is 7. The Hall–Kier alpha value is -2.16. The lowest BCUT2D eigenvalue weighted by Crippen LogP contribution is -2.36. The second-order valence-electron chi connectivity index (χ2n) is 5.76. The standard InChI is InChI=1S/C20H27N3O3.HI/c1-14-6-7-15(10-18(14)25-4)12-22-20(21-2)23-13-16-8-9-17(24-3)11-19(16)26-5;/h6-11H,12-13H2,1-5H3,(H2,21,22,23);1H. The van der Waals surface area contributed by atoms with Gasteiger partial charge in [0.1, 0.15) is 17.2 Å². The molecule has 0 saturated heterocycles. The molecular formula is C20H28IN3O3. The van der Waals surface area contributed by atoms with Crippen molar-refractivity contribution in [2.24, 2.45) is 4.99 Å². The molecule has 0 aliphatic heterocycles. The van der Waals surface area contributed by atoms with E-state index in [2.05, 4.69) is 21.7 Å². The van der Waals surface area contributed by atoms with Crippen molar-refractivity contribution in [2.75, 3.05) is 28.4 Å². The quantitative estimate of drug-likeness (QED) is 0.357. The van der Waals surface area contributed by atoms with E-state index in [0.29, 0.717) is 19.0 Å². The summed E-state index contributed by atoms with van der Waals surface area (Å²) in [5.41, 5.74) is 3.26. The third kappa shape index (κ3) is 6.50. The van der Waals surface area contributed by atoms with Gasteiger partial charge in [-0.05, 0) is 36.2 Å². The van der Waals surface area contributed by atoms with Gasteiger partial charge in [-0.15, -0.1) is 24.0 Å². The average Bonchev–Trinajstić information content (AvgIpc) is 2.69. The first-order valence-corrected chi connectivity index (χ1v) is 8.40. The van der Waals surface area contributed by atoms with E-state index in [-0.39, 0.29) is 24.0 Å². The Balaban J connectivity index is 0.00000364. The van der Waals surface area contributed by atoms with Gasteiger partial charge in [-0.25, -0.2) is 0 Å². The third-order valence-corrected chi connectivity index (χ3v) is 4.10. The van der Waals surface area contributed by atoms with Crippen LogP contribution in [0.3, 0.4) is 0 Å². The fourth-order valence-electron chi connectivity index (χ4n) is 2.56. The SMILES string of the molecule is CN=C(NCc1ccc(C)c(OC)c1)NCc1ccc(OC)cc1OC.I. The van der Waals surface area contributed by atoms with Gasteiger partial charge in [0.25, 0.3) is 0 Å². The molecule has 0 aliphatic carbocycles. The normalized spacial score (nSPS) is 10.6. The number of hydrogen-bond donors (Lipinski definition) is 2. The zero-order chi connectivity index (χ0) is 18.9. The molecule has 0 unspecified atom stereocenters. The molecule has 7 heteroatoms. The van der Waals surface area contributed by atoms with Crippen LogP contribution in [0, 0.1) is 6.92 Å². The Morgan fingerprint density at radius 3 is 2.22 bits per heavy atom. The van der Waals surface area contributed by atoms with Crippen LogP contribution in [0.15, 0.2) is 41.4 Å². The van der Waals surface area contributed by atoms with E-state index in [9.17, 15) is 0 Å². The minimum atomic E-state index is 0. The van der Waals surface area contributed by atoms with E-state index in [4.69, 9.17) is 14.2 Å². The van der Waals surface area contributed by atoms with Crippen LogP contribution in [0.5, 0.6) is 17.2 Å². The molecule has 0 radical (unpaired) electrons. The molecule has 0 bridgehead atoms. The average molecular weight is 485 g/mol. The Kier molecular flexibility index (Phi) is 9.77. The van der Waals surface area contributed by atoms with Crippen molar-refractivity contribution >= 4 is 29.9 Å². The maximum atomic E-state index is 5.43. The second-order valence-corrected chi connectivity index (χ2v) is 5.76. The van der Waals surface area contributed by atoms with Crippen LogP contribution in [0.1, 0.15) is 16.7 Å². The molecule has 0 heterocycles. The fourth-order valence-corrected chi connectivity index (χ4v) is 2.56. The van der Waals surface area contributed by atoms with Crippen molar-refractivity contribution in [3.8, 4) is 17.2 Å². The summed E-state index contributed by atoms with van der Waals surface area (Å²) in [6.45, 7) is 3.26. The van der Waals surface area contributed by atoms with E-state index in [0.717, 1.165) is 33.9 Å². The van der Waals surface area contributed by atoms with Gasteiger partial charge in [-0.1, -0.05) is 12.1 Å². The fraction of sp³-hybridized carbons (Fsp3) is 0.350. The summed E-state index contributed by atoms with van der Waals surface area (Å²) in [6.07, 6.45) is 0. The highest BCUT2D eigenvalue weighted by Crippen LogP contribution is 2.24. The molecule has 2 N–H and O–H groups in total. The number of halogens is 1. The van der Waals surface area contributed by atoms with Crippen molar-refractivity contribution in [1.29, 1.82) is 0 Å². The number of hydrogen-bond acceptors (Lipinski definition) is 4.